The molecule has 2 rings (SSSR count). The van der Waals surface area contributed by atoms with Crippen molar-refractivity contribution in [2.45, 2.75) is 77.0 Å². The van der Waals surface area contributed by atoms with Gasteiger partial charge in [-0.2, -0.15) is 0 Å². The number of ether oxygens (including phenoxy) is 2. The van der Waals surface area contributed by atoms with E-state index in [2.05, 4.69) is 13.2 Å². The van der Waals surface area contributed by atoms with Gasteiger partial charge in [0, 0.05) is 12.2 Å². The van der Waals surface area contributed by atoms with Crippen LogP contribution in [0.15, 0.2) is 25.3 Å². The van der Waals surface area contributed by atoms with E-state index in [-0.39, 0.29) is 11.9 Å². The Hall–Kier alpha value is -1.58. The van der Waals surface area contributed by atoms with Crippen LogP contribution in [0.25, 0.3) is 0 Å². The van der Waals surface area contributed by atoms with E-state index in [0.717, 1.165) is 36.5 Å². The van der Waals surface area contributed by atoms with Gasteiger partial charge in [-0.15, -0.1) is 0 Å². The maximum absolute atomic E-state index is 11.1. The normalized spacial score (nSPS) is 27.6. The average Bonchev–Trinajstić information content (AvgIpc) is 2.74. The van der Waals surface area contributed by atoms with Crippen molar-refractivity contribution >= 4 is 11.9 Å². The van der Waals surface area contributed by atoms with E-state index in [1.165, 1.54) is 76.4 Å². The molecule has 158 valence electrons. The van der Waals surface area contributed by atoms with Crippen LogP contribution in [-0.2, 0) is 19.1 Å². The average molecular weight is 391 g/mol. The quantitative estimate of drug-likeness (QED) is 0.261. The van der Waals surface area contributed by atoms with Crippen LogP contribution in [0, 0.1) is 23.7 Å². The van der Waals surface area contributed by atoms with E-state index in [9.17, 15) is 9.59 Å². The van der Waals surface area contributed by atoms with Gasteiger partial charge in [0.2, 0.25) is 0 Å². The highest BCUT2D eigenvalue weighted by Crippen LogP contribution is 2.42. The molecule has 0 heterocycles. The van der Waals surface area contributed by atoms with Crippen LogP contribution < -0.4 is 0 Å². The molecule has 0 saturated heterocycles. The van der Waals surface area contributed by atoms with Gasteiger partial charge < -0.3 is 9.47 Å². The fourth-order valence-corrected chi connectivity index (χ4v) is 5.10. The fraction of sp³-hybridized carbons (Fsp3) is 0.750. The third-order valence-electron chi connectivity index (χ3n) is 6.78. The molecule has 28 heavy (non-hydrogen) atoms. The Morgan fingerprint density at radius 2 is 1.04 bits per heavy atom. The predicted octanol–water partition coefficient (Wildman–Crippen LogP) is 5.62. The van der Waals surface area contributed by atoms with Gasteiger partial charge in [-0.3, -0.25) is 0 Å². The number of carbonyl (C=O) groups is 2. The lowest BCUT2D eigenvalue weighted by molar-refractivity contribution is -0.138. The molecule has 0 bridgehead atoms. The highest BCUT2D eigenvalue weighted by atomic mass is 16.5. The van der Waals surface area contributed by atoms with Gasteiger partial charge in [-0.1, -0.05) is 38.8 Å². The van der Waals surface area contributed by atoms with Crippen molar-refractivity contribution in [3.05, 3.63) is 25.3 Å². The third-order valence-corrected chi connectivity index (χ3v) is 6.78. The lowest BCUT2D eigenvalue weighted by Crippen LogP contribution is -2.26. The first-order valence-corrected chi connectivity index (χ1v) is 11.2. The molecule has 0 N–H and O–H groups in total. The minimum Gasteiger partial charge on any atom is -0.463 e. The van der Waals surface area contributed by atoms with Gasteiger partial charge in [0.25, 0.3) is 0 Å². The molecule has 4 nitrogen and oxygen atoms in total. The summed E-state index contributed by atoms with van der Waals surface area (Å²) < 4.78 is 10.2. The number of carbonyl (C=O) groups excluding carboxylic acids is 2. The summed E-state index contributed by atoms with van der Waals surface area (Å²) in [4.78, 5) is 22.1. The van der Waals surface area contributed by atoms with Crippen molar-refractivity contribution in [3.8, 4) is 0 Å². The molecule has 0 aromatic carbocycles. The van der Waals surface area contributed by atoms with Crippen LogP contribution in [0.4, 0.5) is 0 Å². The largest absolute Gasteiger partial charge is 0.463 e. The van der Waals surface area contributed by atoms with Crippen LogP contribution in [0.3, 0.4) is 0 Å². The summed E-state index contributed by atoms with van der Waals surface area (Å²) in [7, 11) is 0. The van der Waals surface area contributed by atoms with E-state index in [4.69, 9.17) is 9.47 Å². The van der Waals surface area contributed by atoms with E-state index >= 15 is 0 Å². The Kier molecular flexibility index (Phi) is 10.4. The first-order chi connectivity index (χ1) is 13.6. The molecule has 2 aliphatic carbocycles. The summed E-state index contributed by atoms with van der Waals surface area (Å²) in [6.07, 6.45) is 17.7. The van der Waals surface area contributed by atoms with Crippen molar-refractivity contribution < 1.29 is 19.1 Å². The number of hydrogen-bond donors (Lipinski definition) is 0. The van der Waals surface area contributed by atoms with Gasteiger partial charge in [0.1, 0.15) is 0 Å². The molecule has 2 fully saturated rings. The van der Waals surface area contributed by atoms with Gasteiger partial charge in [-0.25, -0.2) is 9.59 Å². The van der Waals surface area contributed by atoms with Crippen LogP contribution in [0.1, 0.15) is 77.0 Å². The lowest BCUT2D eigenvalue weighted by atomic mass is 9.68. The third kappa shape index (κ3) is 8.20. The first kappa shape index (κ1) is 22.7. The molecule has 2 saturated carbocycles. The first-order valence-electron chi connectivity index (χ1n) is 11.2. The summed E-state index contributed by atoms with van der Waals surface area (Å²) in [6.45, 7) is 7.90. The molecule has 0 aliphatic heterocycles. The van der Waals surface area contributed by atoms with Gasteiger partial charge >= 0.3 is 11.9 Å². The van der Waals surface area contributed by atoms with Crippen molar-refractivity contribution in [1.82, 2.24) is 0 Å². The highest BCUT2D eigenvalue weighted by Gasteiger charge is 2.30. The zero-order chi connectivity index (χ0) is 20.2. The zero-order valence-corrected chi connectivity index (χ0v) is 17.4. The Balaban J connectivity index is 1.53. The smallest absolute Gasteiger partial charge is 0.330 e. The summed E-state index contributed by atoms with van der Waals surface area (Å²) in [6, 6.07) is 0. The Morgan fingerprint density at radius 1 is 0.679 bits per heavy atom. The molecule has 0 aromatic rings. The second-order valence-electron chi connectivity index (χ2n) is 8.59. The maximum atomic E-state index is 11.1. The highest BCUT2D eigenvalue weighted by molar-refractivity contribution is 5.81. The minimum atomic E-state index is -0.308. The van der Waals surface area contributed by atoms with Crippen LogP contribution in [-0.4, -0.2) is 25.2 Å². The van der Waals surface area contributed by atoms with Crippen LogP contribution >= 0.6 is 0 Å². The van der Waals surface area contributed by atoms with Crippen molar-refractivity contribution in [2.75, 3.05) is 13.2 Å². The standard InChI is InChI=1S/C24H38O4/c1-3-23(25)27-17-5-7-19-9-13-21(14-10-19)22-15-11-20(12-16-22)8-6-18-28-24(26)4-2/h3-4,19-22H,1-2,5-18H2/t19-,20-,21-,22-. The van der Waals surface area contributed by atoms with Crippen molar-refractivity contribution in [2.24, 2.45) is 23.7 Å². The van der Waals surface area contributed by atoms with Crippen LogP contribution in [0.2, 0.25) is 0 Å². The molecule has 0 aromatic heterocycles. The Labute approximate surface area is 170 Å². The van der Waals surface area contributed by atoms with Gasteiger partial charge in [-0.05, 0) is 75.0 Å². The summed E-state index contributed by atoms with van der Waals surface area (Å²) in [5, 5.41) is 0. The minimum absolute atomic E-state index is 0.308. The maximum Gasteiger partial charge on any atom is 0.330 e. The molecular weight excluding hydrogens is 352 g/mol. The SMILES string of the molecule is C=CC(=O)OCCC[C@H]1CC[C@H]([C@H]2CC[C@H](CCCOC(=O)C=C)CC2)CC1. The van der Waals surface area contributed by atoms with Crippen LogP contribution in [0.5, 0.6) is 0 Å². The number of esters is 2. The zero-order valence-electron chi connectivity index (χ0n) is 17.4. The predicted molar refractivity (Wildman–Crippen MR) is 112 cm³/mol. The molecule has 0 atom stereocenters. The van der Waals surface area contributed by atoms with Crippen molar-refractivity contribution in [3.63, 3.8) is 0 Å². The van der Waals surface area contributed by atoms with Gasteiger partial charge in [0.05, 0.1) is 13.2 Å². The monoisotopic (exact) mass is 390 g/mol. The second kappa shape index (κ2) is 12.8. The Morgan fingerprint density at radius 3 is 1.36 bits per heavy atom. The molecule has 0 amide bonds. The molecule has 2 aliphatic rings. The Bertz CT molecular complexity index is 451. The van der Waals surface area contributed by atoms with Gasteiger partial charge in [0.15, 0.2) is 0 Å². The van der Waals surface area contributed by atoms with Crippen molar-refractivity contribution in [1.29, 1.82) is 0 Å². The van der Waals surface area contributed by atoms with E-state index in [1.54, 1.807) is 0 Å². The molecule has 4 heteroatoms. The van der Waals surface area contributed by atoms with E-state index < -0.39 is 0 Å². The van der Waals surface area contributed by atoms with E-state index in [1.807, 2.05) is 0 Å². The lowest BCUT2D eigenvalue weighted by Gasteiger charge is -2.38. The molecule has 0 spiro atoms. The molecular formula is C24H38O4. The number of rotatable bonds is 11. The van der Waals surface area contributed by atoms with E-state index in [0.29, 0.717) is 13.2 Å². The molecule has 0 radical (unpaired) electrons. The summed E-state index contributed by atoms with van der Waals surface area (Å²) >= 11 is 0. The summed E-state index contributed by atoms with van der Waals surface area (Å²) in [5.41, 5.74) is 0. The fourth-order valence-electron chi connectivity index (χ4n) is 5.10. The second-order valence-corrected chi connectivity index (χ2v) is 8.59. The topological polar surface area (TPSA) is 52.6 Å². The number of hydrogen-bond acceptors (Lipinski definition) is 4. The summed E-state index contributed by atoms with van der Waals surface area (Å²) in [5.74, 6) is 2.85. The molecule has 0 unspecified atom stereocenters.